The van der Waals surface area contributed by atoms with Crippen molar-refractivity contribution in [3.8, 4) is 17.2 Å². The molecule has 1 heterocycles. The van der Waals surface area contributed by atoms with E-state index in [1.165, 1.54) is 19.3 Å². The first-order chi connectivity index (χ1) is 14.4. The van der Waals surface area contributed by atoms with Crippen LogP contribution in [0.3, 0.4) is 0 Å². The van der Waals surface area contributed by atoms with Crippen LogP contribution in [0.4, 0.5) is 10.5 Å². The van der Waals surface area contributed by atoms with Crippen LogP contribution < -0.4 is 14.8 Å². The molecule has 0 aromatic heterocycles. The number of nitrogens with one attached hydrogen (secondary N) is 1. The lowest BCUT2D eigenvalue weighted by Crippen LogP contribution is -2.27. The van der Waals surface area contributed by atoms with E-state index in [4.69, 9.17) is 24.1 Å². The number of hydrogen-bond donors (Lipinski definition) is 3. The van der Waals surface area contributed by atoms with E-state index in [0.29, 0.717) is 17.2 Å². The first kappa shape index (κ1) is 21.7. The highest BCUT2D eigenvalue weighted by Gasteiger charge is 2.29. The van der Waals surface area contributed by atoms with Gasteiger partial charge in [0.15, 0.2) is 17.6 Å². The molecule has 0 bridgehead atoms. The van der Waals surface area contributed by atoms with Crippen LogP contribution >= 0.6 is 22.6 Å². The number of phenols is 1. The van der Waals surface area contributed by atoms with Crippen molar-refractivity contribution in [2.45, 2.75) is 12.2 Å². The van der Waals surface area contributed by atoms with Crippen molar-refractivity contribution in [3.05, 3.63) is 57.7 Å². The summed E-state index contributed by atoms with van der Waals surface area (Å²) in [4.78, 5) is 23.5. The summed E-state index contributed by atoms with van der Waals surface area (Å²) in [5.41, 5.74) is 0.675. The van der Waals surface area contributed by atoms with E-state index in [0.717, 1.165) is 9.65 Å². The lowest BCUT2D eigenvalue weighted by Gasteiger charge is -2.25. The Kier molecular flexibility index (Phi) is 7.00. The second-order valence-corrected chi connectivity index (χ2v) is 7.37. The van der Waals surface area contributed by atoms with Gasteiger partial charge in [0, 0.05) is 34.1 Å². The smallest absolute Gasteiger partial charge is 0.412 e. The summed E-state index contributed by atoms with van der Waals surface area (Å²) in [6, 6.07) is 9.60. The molecule has 3 rings (SSSR count). The Balaban J connectivity index is 1.84. The van der Waals surface area contributed by atoms with E-state index in [-0.39, 0.29) is 18.1 Å². The molecule has 2 aromatic rings. The van der Waals surface area contributed by atoms with Gasteiger partial charge in [0.05, 0.1) is 0 Å². The average Bonchev–Trinajstić information content (AvgIpc) is 3.17. The monoisotopic (exact) mass is 527 g/mol. The number of fused-ring (bicyclic) bond motifs is 1. The molecule has 0 unspecified atom stereocenters. The maximum atomic E-state index is 12.6. The normalized spacial score (nSPS) is 14.3. The summed E-state index contributed by atoms with van der Waals surface area (Å²) in [6.07, 6.45) is -0.796. The maximum Gasteiger partial charge on any atom is 0.412 e. The van der Waals surface area contributed by atoms with E-state index in [9.17, 15) is 14.7 Å². The summed E-state index contributed by atoms with van der Waals surface area (Å²) < 4.78 is 22.1. The maximum absolute atomic E-state index is 12.6. The van der Waals surface area contributed by atoms with Gasteiger partial charge in [0.25, 0.3) is 0 Å². The molecule has 0 saturated carbocycles. The minimum Gasteiger partial charge on any atom is -0.508 e. The molecule has 1 aliphatic rings. The van der Waals surface area contributed by atoms with E-state index in [2.05, 4.69) is 5.32 Å². The van der Waals surface area contributed by atoms with Gasteiger partial charge in [-0.2, -0.15) is 0 Å². The molecule has 0 fully saturated rings. The molecule has 30 heavy (non-hydrogen) atoms. The highest BCUT2D eigenvalue weighted by atomic mass is 127. The third kappa shape index (κ3) is 5.33. The van der Waals surface area contributed by atoms with Crippen molar-refractivity contribution in [2.24, 2.45) is 0 Å². The van der Waals surface area contributed by atoms with Crippen LogP contribution in [0.1, 0.15) is 11.7 Å². The number of hydrogen-bond acceptors (Lipinski definition) is 7. The first-order valence-electron chi connectivity index (χ1n) is 8.67. The summed E-state index contributed by atoms with van der Waals surface area (Å²) in [5.74, 6) is -0.262. The Bertz CT molecular complexity index is 977. The van der Waals surface area contributed by atoms with Gasteiger partial charge in [-0.15, -0.1) is 0 Å². The van der Waals surface area contributed by atoms with Crippen molar-refractivity contribution >= 4 is 40.3 Å². The number of aromatic hydroxyl groups is 1. The van der Waals surface area contributed by atoms with E-state index in [1.54, 1.807) is 30.3 Å². The average molecular weight is 527 g/mol. The molecule has 0 saturated heterocycles. The fraction of sp³-hybridized carbons (Fsp3) is 0.200. The number of carboxylic acid groups (broad SMARTS) is 1. The number of anilines is 1. The van der Waals surface area contributed by atoms with Gasteiger partial charge < -0.3 is 29.2 Å². The highest BCUT2D eigenvalue weighted by Crippen LogP contribution is 2.35. The van der Waals surface area contributed by atoms with Crippen LogP contribution in [-0.2, 0) is 14.3 Å². The topological polar surface area (TPSA) is 124 Å². The molecule has 1 aliphatic heterocycles. The Labute approximate surface area is 185 Å². The van der Waals surface area contributed by atoms with Gasteiger partial charge in [0.1, 0.15) is 11.9 Å². The number of amides is 1. The van der Waals surface area contributed by atoms with Crippen molar-refractivity contribution in [2.75, 3.05) is 19.2 Å². The van der Waals surface area contributed by atoms with E-state index in [1.807, 2.05) is 22.6 Å². The largest absolute Gasteiger partial charge is 0.508 e. The number of carbonyl (C=O) groups excluding carboxylic acids is 1. The number of phenolic OH excluding ortho intramolecular Hbond substituents is 1. The quantitative estimate of drug-likeness (QED) is 0.368. The van der Waals surface area contributed by atoms with Crippen LogP contribution in [0, 0.1) is 3.57 Å². The molecule has 2 aromatic carbocycles. The van der Waals surface area contributed by atoms with Crippen LogP contribution in [0.15, 0.2) is 48.6 Å². The van der Waals surface area contributed by atoms with Crippen molar-refractivity contribution in [3.63, 3.8) is 0 Å². The van der Waals surface area contributed by atoms with Crippen molar-refractivity contribution in [1.29, 1.82) is 0 Å². The lowest BCUT2D eigenvalue weighted by molar-refractivity contribution is -0.131. The highest BCUT2D eigenvalue weighted by molar-refractivity contribution is 14.1. The first-order valence-corrected chi connectivity index (χ1v) is 9.75. The Morgan fingerprint density at radius 1 is 1.20 bits per heavy atom. The predicted molar refractivity (Wildman–Crippen MR) is 114 cm³/mol. The molecule has 0 aliphatic carbocycles. The number of benzene rings is 2. The summed E-state index contributed by atoms with van der Waals surface area (Å²) in [7, 11) is 1.34. The zero-order valence-corrected chi connectivity index (χ0v) is 17.9. The Hall–Kier alpha value is -2.99. The van der Waals surface area contributed by atoms with Gasteiger partial charge in [-0.25, -0.2) is 9.59 Å². The molecule has 0 radical (unpaired) electrons. The minimum atomic E-state index is -1.19. The zero-order chi connectivity index (χ0) is 21.7. The number of halogens is 1. The van der Waals surface area contributed by atoms with Crippen molar-refractivity contribution < 1.29 is 38.7 Å². The number of methoxy groups -OCH3 is 1. The zero-order valence-electron chi connectivity index (χ0n) is 15.7. The fourth-order valence-electron chi connectivity index (χ4n) is 2.78. The van der Waals surface area contributed by atoms with Crippen LogP contribution in [0.2, 0.25) is 0 Å². The van der Waals surface area contributed by atoms with Gasteiger partial charge in [0.2, 0.25) is 6.79 Å². The molecule has 1 amide bonds. The minimum absolute atomic E-state index is 0.0999. The predicted octanol–water partition coefficient (Wildman–Crippen LogP) is 3.67. The van der Waals surface area contributed by atoms with Crippen molar-refractivity contribution in [1.82, 2.24) is 0 Å². The van der Waals surface area contributed by atoms with Gasteiger partial charge in [-0.1, -0.05) is 0 Å². The van der Waals surface area contributed by atoms with Gasteiger partial charge in [-0.05, 0) is 59.0 Å². The van der Waals surface area contributed by atoms with Crippen LogP contribution in [-0.4, -0.2) is 42.3 Å². The molecular weight excluding hydrogens is 509 g/mol. The summed E-state index contributed by atoms with van der Waals surface area (Å²) in [5, 5.41) is 21.8. The third-order valence-corrected chi connectivity index (χ3v) is 4.82. The van der Waals surface area contributed by atoms with Gasteiger partial charge >= 0.3 is 12.1 Å². The number of carbonyl (C=O) groups is 2. The molecule has 0 spiro atoms. The molecule has 3 N–H and O–H groups in total. The van der Waals surface area contributed by atoms with Gasteiger partial charge in [-0.3, -0.25) is 5.32 Å². The Morgan fingerprint density at radius 2 is 1.97 bits per heavy atom. The fourth-order valence-corrected chi connectivity index (χ4v) is 3.29. The molecule has 9 nitrogen and oxygen atoms in total. The second kappa shape index (κ2) is 9.67. The lowest BCUT2D eigenvalue weighted by atomic mass is 10.0. The molecular formula is C20H18INO8. The van der Waals surface area contributed by atoms with Crippen LogP contribution in [0.25, 0.3) is 0 Å². The molecule has 2 atom stereocenters. The number of carboxylic acids is 1. The van der Waals surface area contributed by atoms with Crippen LogP contribution in [0.5, 0.6) is 17.2 Å². The second-order valence-electron chi connectivity index (χ2n) is 6.12. The summed E-state index contributed by atoms with van der Waals surface area (Å²) in [6.45, 7) is 0.0999. The number of aliphatic carboxylic acids is 1. The third-order valence-electron chi connectivity index (χ3n) is 4.15. The number of rotatable bonds is 7. The SMILES string of the molecule is CO[C@H](/C=C/C(=O)O)[C@H](OC(=O)Nc1ccc2c(c1)OCO2)c1cc(I)ccc1O. The Morgan fingerprint density at radius 3 is 2.70 bits per heavy atom. The standard InChI is InChI=1S/C20H18INO8/c1-27-16(6-7-18(24)25)19(13-8-11(21)2-4-14(13)23)30-20(26)22-12-3-5-15-17(9-12)29-10-28-15/h2-9,16,19,23H,10H2,1H3,(H,22,26)(H,24,25)/b7-6+/t16-,19-/m1/s1. The number of ether oxygens (including phenoxy) is 4. The molecule has 158 valence electrons. The van der Waals surface area contributed by atoms with E-state index >= 15 is 0 Å². The van der Waals surface area contributed by atoms with E-state index < -0.39 is 24.3 Å². The molecule has 10 heteroatoms. The summed E-state index contributed by atoms with van der Waals surface area (Å²) >= 11 is 2.05.